The molecule has 0 bridgehead atoms. The average Bonchev–Trinajstić information content (AvgIpc) is 2.40. The van der Waals surface area contributed by atoms with Gasteiger partial charge in [0.1, 0.15) is 0 Å². The van der Waals surface area contributed by atoms with Gasteiger partial charge in [-0.1, -0.05) is 48.5 Å². The summed E-state index contributed by atoms with van der Waals surface area (Å²) in [6, 6.07) is 22.4. The fourth-order valence-electron chi connectivity index (χ4n) is 1.74. The Kier molecular flexibility index (Phi) is 32.9. The Labute approximate surface area is 200 Å². The van der Waals surface area contributed by atoms with Crippen molar-refractivity contribution in [3.8, 4) is 0 Å². The van der Waals surface area contributed by atoms with Gasteiger partial charge in [0.05, 0.1) is 0 Å². The first-order valence-corrected chi connectivity index (χ1v) is 6.78. The smallest absolute Gasteiger partial charge is 0.0233 e. The third-order valence-corrected chi connectivity index (χ3v) is 2.52. The monoisotopic (exact) mass is 598 g/mol. The van der Waals surface area contributed by atoms with E-state index in [-0.39, 0.29) is 79.1 Å². The molecule has 2 aromatic carbocycles. The molecule has 2 aromatic rings. The summed E-state index contributed by atoms with van der Waals surface area (Å²) in [5, 5.41) is 0. The Morgan fingerprint density at radius 1 is 0.680 bits per heavy atom. The second-order valence-corrected chi connectivity index (χ2v) is 5.25. The maximum absolute atomic E-state index is 3.16. The fraction of sp³-hybridized carbons (Fsp3) is 0.333. The number of nitrogens with zero attached hydrogens (tertiary/aromatic N) is 2. The van der Waals surface area contributed by atoms with Gasteiger partial charge >= 0.3 is 0 Å². The summed E-state index contributed by atoms with van der Waals surface area (Å²) in [7, 11) is 8.23. The Bertz CT molecular complexity index is 430. The van der Waals surface area contributed by atoms with Crippen molar-refractivity contribution in [2.75, 3.05) is 28.2 Å². The van der Waals surface area contributed by atoms with Crippen LogP contribution in [0.5, 0.6) is 0 Å². The second-order valence-electron chi connectivity index (χ2n) is 5.25. The summed E-state index contributed by atoms with van der Waals surface area (Å²) in [6.07, 6.45) is 0. The van der Waals surface area contributed by atoms with E-state index in [1.165, 1.54) is 11.1 Å². The first kappa shape index (κ1) is 36.5. The molecule has 0 aliphatic heterocycles. The van der Waals surface area contributed by atoms with E-state index < -0.39 is 0 Å². The second kappa shape index (κ2) is 22.6. The zero-order chi connectivity index (χ0) is 14.8. The molecule has 0 spiro atoms. The number of halogens is 2. The molecule has 0 fully saturated rings. The number of rotatable bonds is 4. The minimum absolute atomic E-state index is 0. The molecule has 2 N–H and O–H groups in total. The van der Waals surface area contributed by atoms with Crippen LogP contribution < -0.4 is 24.8 Å². The van der Waals surface area contributed by atoms with E-state index in [0.717, 1.165) is 13.1 Å². The van der Waals surface area contributed by atoms with Crippen molar-refractivity contribution in [1.82, 2.24) is 9.80 Å². The van der Waals surface area contributed by atoms with Crippen LogP contribution in [0.25, 0.3) is 0 Å². The average molecular weight is 601 g/mol. The molecule has 0 heterocycles. The van der Waals surface area contributed by atoms with Gasteiger partial charge in [0.25, 0.3) is 0 Å². The van der Waals surface area contributed by atoms with Crippen LogP contribution in [-0.2, 0) is 13.1 Å². The maximum atomic E-state index is 3.16. The van der Waals surface area contributed by atoms with Gasteiger partial charge in [-0.3, -0.25) is 0 Å². The Morgan fingerprint density at radius 2 is 1.00 bits per heavy atom. The molecule has 0 amide bonds. The van der Waals surface area contributed by atoms with Crippen molar-refractivity contribution >= 4 is 48.9 Å². The first-order valence-electron chi connectivity index (χ1n) is 6.78. The standard InChI is InChI=1S/2C9H12N.2ClH.H2O.2Sb/c2*1-10(2)8-9-6-4-3-5-7-9;;;;;/h2*3-6H,8H2,1-2H3;2*1H;1H2;;/p-2. The SMILES string of the molecule is CN(C)Cc1[c]cccc1.CN(C)Cc1[c]cccc1.O.[Cl-].[Cl-].[Sb].[Sb]. The van der Waals surface area contributed by atoms with Gasteiger partial charge in [-0.05, 0) is 51.5 Å². The van der Waals surface area contributed by atoms with E-state index in [0.29, 0.717) is 0 Å². The number of hydrogen-bond acceptors (Lipinski definition) is 2. The van der Waals surface area contributed by atoms with E-state index in [1.54, 1.807) is 0 Å². The van der Waals surface area contributed by atoms with Gasteiger partial charge < -0.3 is 40.1 Å². The van der Waals surface area contributed by atoms with Crippen molar-refractivity contribution in [3.05, 3.63) is 71.8 Å². The molecule has 0 aromatic heterocycles. The molecule has 2 rings (SSSR count). The van der Waals surface area contributed by atoms with Crippen molar-refractivity contribution in [2.24, 2.45) is 0 Å². The minimum atomic E-state index is 0. The summed E-state index contributed by atoms with van der Waals surface area (Å²) >= 11 is 0. The minimum Gasteiger partial charge on any atom is -1.00 e. The molecule has 25 heavy (non-hydrogen) atoms. The molecule has 0 saturated carbocycles. The van der Waals surface area contributed by atoms with Crippen LogP contribution in [0.2, 0.25) is 0 Å². The van der Waals surface area contributed by atoms with Gasteiger partial charge in [-0.25, -0.2) is 0 Å². The Hall–Kier alpha value is 0.536. The van der Waals surface area contributed by atoms with Crippen molar-refractivity contribution in [1.29, 1.82) is 0 Å². The van der Waals surface area contributed by atoms with Crippen LogP contribution in [0, 0.1) is 12.1 Å². The van der Waals surface area contributed by atoms with Crippen molar-refractivity contribution in [2.45, 2.75) is 13.1 Å². The summed E-state index contributed by atoms with van der Waals surface area (Å²) in [5.74, 6) is 0. The van der Waals surface area contributed by atoms with Gasteiger partial charge in [-0.2, -0.15) is 0 Å². The van der Waals surface area contributed by atoms with Crippen LogP contribution in [0.1, 0.15) is 11.1 Å². The fourth-order valence-corrected chi connectivity index (χ4v) is 1.74. The zero-order valence-corrected chi connectivity index (χ0v) is 21.7. The van der Waals surface area contributed by atoms with Crippen LogP contribution in [-0.4, -0.2) is 92.3 Å². The van der Waals surface area contributed by atoms with Gasteiger partial charge in [0, 0.05) is 61.9 Å². The zero-order valence-electron chi connectivity index (χ0n) is 15.1. The van der Waals surface area contributed by atoms with E-state index >= 15 is 0 Å². The summed E-state index contributed by atoms with van der Waals surface area (Å²) < 4.78 is 0. The third-order valence-electron chi connectivity index (χ3n) is 2.52. The number of hydrogen-bond donors (Lipinski definition) is 0. The molecular weight excluding hydrogens is 575 g/mol. The number of benzene rings is 2. The molecule has 0 unspecified atom stereocenters. The molecular formula is C18H26Cl2N2OSb2-2. The van der Waals surface area contributed by atoms with E-state index in [1.807, 2.05) is 36.4 Å². The van der Waals surface area contributed by atoms with Crippen molar-refractivity contribution < 1.29 is 30.3 Å². The first-order chi connectivity index (χ1) is 9.58. The van der Waals surface area contributed by atoms with Crippen LogP contribution in [0.4, 0.5) is 0 Å². The largest absolute Gasteiger partial charge is 1.00 e. The summed E-state index contributed by atoms with van der Waals surface area (Å²) in [5.41, 5.74) is 2.49. The molecule has 0 aliphatic carbocycles. The summed E-state index contributed by atoms with van der Waals surface area (Å²) in [6.45, 7) is 1.95. The van der Waals surface area contributed by atoms with Crippen LogP contribution >= 0.6 is 0 Å². The predicted molar refractivity (Wildman–Crippen MR) is 100 cm³/mol. The third kappa shape index (κ3) is 20.7. The molecule has 7 heteroatoms. The van der Waals surface area contributed by atoms with Crippen LogP contribution in [0.15, 0.2) is 48.5 Å². The molecule has 0 atom stereocenters. The maximum Gasteiger partial charge on any atom is 0.0233 e. The molecule has 8 radical (unpaired) electrons. The molecule has 0 aliphatic rings. The van der Waals surface area contributed by atoms with E-state index in [9.17, 15) is 0 Å². The van der Waals surface area contributed by atoms with E-state index in [4.69, 9.17) is 0 Å². The topological polar surface area (TPSA) is 38.0 Å². The van der Waals surface area contributed by atoms with E-state index in [2.05, 4.69) is 62.3 Å². The molecule has 140 valence electrons. The quantitative estimate of drug-likeness (QED) is 0.332. The van der Waals surface area contributed by atoms with Gasteiger partial charge in [-0.15, -0.1) is 0 Å². The predicted octanol–water partition coefficient (Wildman–Crippen LogP) is -4.48. The molecule has 0 saturated heterocycles. The Balaban J connectivity index is -0.0000000889. The Morgan fingerprint density at radius 3 is 1.20 bits per heavy atom. The normalized spacial score (nSPS) is 8.24. The van der Waals surface area contributed by atoms with Crippen molar-refractivity contribution in [3.63, 3.8) is 0 Å². The molecule has 3 nitrogen and oxygen atoms in total. The van der Waals surface area contributed by atoms with Crippen LogP contribution in [0.3, 0.4) is 0 Å². The van der Waals surface area contributed by atoms with Gasteiger partial charge in [0.15, 0.2) is 0 Å². The van der Waals surface area contributed by atoms with Gasteiger partial charge in [0.2, 0.25) is 0 Å². The summed E-state index contributed by atoms with van der Waals surface area (Å²) in [4.78, 5) is 4.26.